The monoisotopic (exact) mass is 386 g/mol. The Morgan fingerprint density at radius 2 is 1.83 bits per heavy atom. The second-order valence-electron chi connectivity index (χ2n) is 5.87. The van der Waals surface area contributed by atoms with Crippen LogP contribution in [0.25, 0.3) is 0 Å². The van der Waals surface area contributed by atoms with Crippen LogP contribution in [-0.4, -0.2) is 23.1 Å². The van der Waals surface area contributed by atoms with Gasteiger partial charge in [0.25, 0.3) is 5.91 Å². The Balaban J connectivity index is 1.83. The maximum atomic E-state index is 13.0. The van der Waals surface area contributed by atoms with Crippen molar-refractivity contribution in [1.29, 1.82) is 0 Å². The lowest BCUT2D eigenvalue weighted by molar-refractivity contribution is -0.151. The molecule has 2 aromatic rings. The lowest BCUT2D eigenvalue weighted by atomic mass is 9.97. The summed E-state index contributed by atoms with van der Waals surface area (Å²) < 4.78 is 6.38. The van der Waals surface area contributed by atoms with E-state index in [0.717, 1.165) is 15.7 Å². The van der Waals surface area contributed by atoms with Gasteiger partial charge >= 0.3 is 5.97 Å². The SMILES string of the molecule is CC(=O)OC1CC2c3ccccc3C(=O)N1N2c1ccc(Br)cc1. The highest BCUT2D eigenvalue weighted by Crippen LogP contribution is 2.46. The van der Waals surface area contributed by atoms with Gasteiger partial charge in [0.05, 0.1) is 11.7 Å². The fourth-order valence-electron chi connectivity index (χ4n) is 3.46. The van der Waals surface area contributed by atoms with Gasteiger partial charge in [0.15, 0.2) is 6.23 Å². The van der Waals surface area contributed by atoms with E-state index in [1.54, 1.807) is 5.01 Å². The average Bonchev–Trinajstić information content (AvgIpc) is 2.87. The van der Waals surface area contributed by atoms with Gasteiger partial charge in [-0.15, -0.1) is 0 Å². The van der Waals surface area contributed by atoms with Crippen LogP contribution in [0.3, 0.4) is 0 Å². The summed E-state index contributed by atoms with van der Waals surface area (Å²) in [5.74, 6) is -0.534. The number of anilines is 1. The lowest BCUT2D eigenvalue weighted by Gasteiger charge is -2.39. The van der Waals surface area contributed by atoms with Crippen molar-refractivity contribution in [1.82, 2.24) is 5.01 Å². The van der Waals surface area contributed by atoms with E-state index in [4.69, 9.17) is 4.74 Å². The molecule has 5 nitrogen and oxygen atoms in total. The molecule has 1 saturated heterocycles. The van der Waals surface area contributed by atoms with Crippen molar-refractivity contribution in [3.05, 3.63) is 64.1 Å². The molecule has 6 heteroatoms. The first kappa shape index (κ1) is 15.2. The maximum Gasteiger partial charge on any atom is 0.304 e. The Morgan fingerprint density at radius 1 is 1.12 bits per heavy atom. The summed E-state index contributed by atoms with van der Waals surface area (Å²) in [6, 6.07) is 15.3. The number of rotatable bonds is 2. The molecule has 24 heavy (non-hydrogen) atoms. The summed E-state index contributed by atoms with van der Waals surface area (Å²) in [6.45, 7) is 1.37. The molecular weight excluding hydrogens is 372 g/mol. The van der Waals surface area contributed by atoms with E-state index in [9.17, 15) is 9.59 Å². The second-order valence-corrected chi connectivity index (χ2v) is 6.79. The number of hydrogen-bond acceptors (Lipinski definition) is 4. The highest BCUT2D eigenvalue weighted by molar-refractivity contribution is 9.10. The minimum atomic E-state index is -0.587. The van der Waals surface area contributed by atoms with E-state index in [2.05, 4.69) is 15.9 Å². The number of nitrogens with zero attached hydrogens (tertiary/aromatic N) is 2. The summed E-state index contributed by atoms with van der Waals surface area (Å²) in [4.78, 5) is 24.5. The number of esters is 1. The molecule has 2 bridgehead atoms. The van der Waals surface area contributed by atoms with Crippen LogP contribution in [-0.2, 0) is 9.53 Å². The average molecular weight is 387 g/mol. The molecule has 4 rings (SSSR count). The zero-order valence-corrected chi connectivity index (χ0v) is 14.6. The molecule has 0 aliphatic carbocycles. The number of fused-ring (bicyclic) bond motifs is 4. The van der Waals surface area contributed by atoms with Crippen molar-refractivity contribution in [3.63, 3.8) is 0 Å². The van der Waals surface area contributed by atoms with E-state index in [1.165, 1.54) is 6.92 Å². The standard InChI is InChI=1S/C18H15BrN2O3/c1-11(22)24-17-10-16-14-4-2-3-5-15(14)18(23)21(17)20(16)13-8-6-12(19)7-9-13/h2-9,16-17H,10H2,1H3. The molecule has 2 aliphatic heterocycles. The number of ether oxygens (including phenoxy) is 1. The maximum absolute atomic E-state index is 13.0. The molecule has 2 atom stereocenters. The fraction of sp³-hybridized carbons (Fsp3) is 0.222. The van der Waals surface area contributed by atoms with Crippen LogP contribution in [0.1, 0.15) is 35.3 Å². The van der Waals surface area contributed by atoms with E-state index in [0.29, 0.717) is 12.0 Å². The van der Waals surface area contributed by atoms with Crippen molar-refractivity contribution in [3.8, 4) is 0 Å². The zero-order chi connectivity index (χ0) is 16.8. The number of amides is 1. The Hall–Kier alpha value is -2.34. The van der Waals surface area contributed by atoms with Gasteiger partial charge in [-0.1, -0.05) is 34.1 Å². The normalized spacial score (nSPS) is 21.7. The van der Waals surface area contributed by atoms with Gasteiger partial charge in [0.1, 0.15) is 0 Å². The summed E-state index contributed by atoms with van der Waals surface area (Å²) >= 11 is 3.43. The molecule has 0 aromatic heterocycles. The number of hydrazine groups is 1. The first-order valence-electron chi connectivity index (χ1n) is 7.70. The molecule has 2 heterocycles. The van der Waals surface area contributed by atoms with Gasteiger partial charge in [-0.05, 0) is 35.9 Å². The molecule has 1 amide bonds. The number of carbonyl (C=O) groups is 2. The van der Waals surface area contributed by atoms with Crippen LogP contribution >= 0.6 is 15.9 Å². The number of halogens is 1. The molecule has 0 saturated carbocycles. The lowest BCUT2D eigenvalue weighted by Crippen LogP contribution is -2.50. The topological polar surface area (TPSA) is 49.9 Å². The van der Waals surface area contributed by atoms with E-state index in [-0.39, 0.29) is 17.9 Å². The third-order valence-corrected chi connectivity index (χ3v) is 4.91. The number of carbonyl (C=O) groups excluding carboxylic acids is 2. The minimum absolute atomic E-state index is 0.0376. The quantitative estimate of drug-likeness (QED) is 0.739. The summed E-state index contributed by atoms with van der Waals surface area (Å²) in [6.07, 6.45) is -0.0330. The molecule has 2 aliphatic rings. The molecular formula is C18H15BrN2O3. The number of benzene rings is 2. The van der Waals surface area contributed by atoms with Crippen molar-refractivity contribution in [2.24, 2.45) is 0 Å². The predicted octanol–water partition coefficient (Wildman–Crippen LogP) is 3.66. The van der Waals surface area contributed by atoms with Crippen molar-refractivity contribution in [2.75, 3.05) is 5.01 Å². The van der Waals surface area contributed by atoms with Crippen LogP contribution in [0, 0.1) is 0 Å². The highest BCUT2D eigenvalue weighted by atomic mass is 79.9. The Bertz CT molecular complexity index is 821. The highest BCUT2D eigenvalue weighted by Gasteiger charge is 2.50. The van der Waals surface area contributed by atoms with Gasteiger partial charge in [-0.2, -0.15) is 0 Å². The smallest absolute Gasteiger partial charge is 0.304 e. The Labute approximate surface area is 147 Å². The van der Waals surface area contributed by atoms with E-state index >= 15 is 0 Å². The second kappa shape index (κ2) is 5.63. The first-order valence-corrected chi connectivity index (χ1v) is 8.50. The molecule has 0 radical (unpaired) electrons. The predicted molar refractivity (Wildman–Crippen MR) is 92.1 cm³/mol. The van der Waals surface area contributed by atoms with Crippen molar-refractivity contribution < 1.29 is 14.3 Å². The van der Waals surface area contributed by atoms with Crippen LogP contribution < -0.4 is 5.01 Å². The summed E-state index contributed by atoms with van der Waals surface area (Å²) in [5.41, 5.74) is 2.53. The Kier molecular flexibility index (Phi) is 3.57. The largest absolute Gasteiger partial charge is 0.440 e. The van der Waals surface area contributed by atoms with Gasteiger partial charge in [-0.25, -0.2) is 5.01 Å². The molecule has 1 fully saturated rings. The zero-order valence-electron chi connectivity index (χ0n) is 13.0. The molecule has 0 spiro atoms. The van der Waals surface area contributed by atoms with Crippen LogP contribution in [0.4, 0.5) is 5.69 Å². The van der Waals surface area contributed by atoms with E-state index in [1.807, 2.05) is 53.5 Å². The van der Waals surface area contributed by atoms with Crippen LogP contribution in [0.2, 0.25) is 0 Å². The third kappa shape index (κ3) is 2.29. The van der Waals surface area contributed by atoms with Crippen molar-refractivity contribution >= 4 is 33.5 Å². The molecule has 0 N–H and O–H groups in total. The summed E-state index contributed by atoms with van der Waals surface area (Å²) in [7, 11) is 0. The van der Waals surface area contributed by atoms with Crippen LogP contribution in [0.15, 0.2) is 53.0 Å². The molecule has 122 valence electrons. The minimum Gasteiger partial charge on any atom is -0.440 e. The molecule has 2 aromatic carbocycles. The van der Waals surface area contributed by atoms with Gasteiger partial charge in [0, 0.05) is 23.4 Å². The van der Waals surface area contributed by atoms with Gasteiger partial charge in [0.2, 0.25) is 0 Å². The fourth-order valence-corrected chi connectivity index (χ4v) is 3.72. The third-order valence-electron chi connectivity index (χ3n) is 4.38. The first-order chi connectivity index (χ1) is 11.6. The Morgan fingerprint density at radius 3 is 2.54 bits per heavy atom. The van der Waals surface area contributed by atoms with Crippen LogP contribution in [0.5, 0.6) is 0 Å². The van der Waals surface area contributed by atoms with Crippen molar-refractivity contribution in [2.45, 2.75) is 25.6 Å². The summed E-state index contributed by atoms with van der Waals surface area (Å²) in [5, 5.41) is 3.50. The van der Waals surface area contributed by atoms with Gasteiger partial charge in [-0.3, -0.25) is 14.6 Å². The number of hydrogen-bond donors (Lipinski definition) is 0. The molecule has 2 unspecified atom stereocenters. The van der Waals surface area contributed by atoms with E-state index < -0.39 is 6.23 Å². The van der Waals surface area contributed by atoms with Gasteiger partial charge < -0.3 is 4.74 Å².